The molecule has 2 saturated heterocycles. The molecule has 13 N–H and O–H groups in total. The van der Waals surface area contributed by atoms with Crippen LogP contribution in [0.15, 0.2) is 230 Å². The highest BCUT2D eigenvalue weighted by molar-refractivity contribution is 7.89. The van der Waals surface area contributed by atoms with E-state index in [2.05, 4.69) is 49.1 Å². The first-order valence-corrected chi connectivity index (χ1v) is 45.5. The minimum atomic E-state index is -3.91. The Bertz CT molecular complexity index is 6290. The van der Waals surface area contributed by atoms with Gasteiger partial charge in [0.05, 0.1) is 75.8 Å². The van der Waals surface area contributed by atoms with E-state index in [4.69, 9.17) is 180 Å². The summed E-state index contributed by atoms with van der Waals surface area (Å²) in [6, 6.07) is 48.0. The molecule has 20 nitrogen and oxygen atoms in total. The molecule has 0 amide bonds. The molecule has 127 heavy (non-hydrogen) atoms. The highest BCUT2D eigenvalue weighted by atomic mass is 35.5. The molecule has 10 atom stereocenters. The van der Waals surface area contributed by atoms with Gasteiger partial charge in [0.1, 0.15) is 71.1 Å². The summed E-state index contributed by atoms with van der Waals surface area (Å²) in [4.78, 5) is 37.2. The second-order valence-corrected chi connectivity index (χ2v) is 38.8. The number of halogens is 17. The van der Waals surface area contributed by atoms with Gasteiger partial charge in [-0.25, -0.2) is 65.0 Å². The average Bonchev–Trinajstić information content (AvgIpc) is 1.60. The molecule has 6 aromatic carbocycles. The number of pyridine rings is 6. The molecule has 0 aliphatic carbocycles. The first kappa shape index (κ1) is 101. The number of thiocarbonyl (C=S) groups is 1. The molecule has 6 unspecified atom stereocenters. The van der Waals surface area contributed by atoms with Gasteiger partial charge in [0.15, 0.2) is 5.78 Å². The van der Waals surface area contributed by atoms with Crippen molar-refractivity contribution in [2.24, 2.45) is 33.1 Å². The zero-order chi connectivity index (χ0) is 93.4. The number of sulfonamides is 1. The number of hydrogen-bond acceptors (Lipinski definition) is 17. The summed E-state index contributed by atoms with van der Waals surface area (Å²) in [5, 5.41) is 6.19. The van der Waals surface area contributed by atoms with E-state index in [0.29, 0.717) is 76.2 Å². The molecule has 12 aromatic rings. The lowest BCUT2D eigenvalue weighted by molar-refractivity contribution is 0.0899. The maximum Gasteiger partial charge on any atom is 0.321 e. The van der Waals surface area contributed by atoms with Crippen LogP contribution >= 0.6 is 151 Å². The summed E-state index contributed by atoms with van der Waals surface area (Å²) < 4.78 is 125. The Kier molecular flexibility index (Phi) is 33.3. The lowest BCUT2D eigenvalue weighted by atomic mass is 9.78. The van der Waals surface area contributed by atoms with Crippen molar-refractivity contribution < 1.29 is 43.6 Å². The number of carbonyl (C=O) groups excluding carboxylic acids is 1. The van der Waals surface area contributed by atoms with Crippen LogP contribution in [0.25, 0.3) is 0 Å². The van der Waals surface area contributed by atoms with Gasteiger partial charge < -0.3 is 34.0 Å². The van der Waals surface area contributed by atoms with E-state index in [1.54, 1.807) is 118 Å². The summed E-state index contributed by atoms with van der Waals surface area (Å²) in [7, 11) is -7.41. The molecule has 9 heterocycles. The van der Waals surface area contributed by atoms with Crippen LogP contribution in [-0.4, -0.2) is 69.0 Å². The van der Waals surface area contributed by atoms with Crippen LogP contribution < -0.4 is 43.4 Å². The molecular weight excluding hydrogens is 1950 g/mol. The molecule has 0 radical (unpaired) electrons. The van der Waals surface area contributed by atoms with Gasteiger partial charge in [-0.15, -0.1) is 0 Å². The van der Waals surface area contributed by atoms with Crippen LogP contribution in [0.2, 0.25) is 61.1 Å². The Morgan fingerprint density at radius 2 is 0.819 bits per heavy atom. The lowest BCUT2D eigenvalue weighted by Crippen LogP contribution is -2.44. The Labute approximate surface area is 795 Å². The number of nitrogens with two attached hydrogens (primary N) is 5. The molecule has 3 aliphatic rings. The van der Waals surface area contributed by atoms with Crippen molar-refractivity contribution >= 4 is 188 Å². The summed E-state index contributed by atoms with van der Waals surface area (Å²) >= 11 is 74.3. The van der Waals surface area contributed by atoms with Crippen LogP contribution in [0.1, 0.15) is 143 Å². The number of Topliss-reactive ketones (excluding diaryl/α,β-unsaturated/α-hetero) is 1. The van der Waals surface area contributed by atoms with E-state index < -0.39 is 100 Å². The van der Waals surface area contributed by atoms with Crippen molar-refractivity contribution in [1.82, 2.24) is 44.7 Å². The molecule has 666 valence electrons. The van der Waals surface area contributed by atoms with Gasteiger partial charge in [-0.05, 0) is 212 Å². The molecule has 40 heteroatoms. The number of benzene rings is 6. The van der Waals surface area contributed by atoms with E-state index in [1.165, 1.54) is 92.2 Å². The van der Waals surface area contributed by atoms with Crippen molar-refractivity contribution in [3.63, 3.8) is 0 Å². The fourth-order valence-corrected chi connectivity index (χ4v) is 18.9. The largest absolute Gasteiger partial charge is 0.370 e. The fourth-order valence-electron chi connectivity index (χ4n) is 13.8. The van der Waals surface area contributed by atoms with Crippen LogP contribution in [0, 0.1) is 29.1 Å². The molecule has 15 rings (SSSR count). The zero-order valence-corrected chi connectivity index (χ0v) is 78.8. The molecule has 2 fully saturated rings. The third-order valence-corrected chi connectivity index (χ3v) is 27.3. The summed E-state index contributed by atoms with van der Waals surface area (Å²) in [6.07, 6.45) is 9.98. The summed E-state index contributed by atoms with van der Waals surface area (Å²) in [5.41, 5.74) is 33.2. The van der Waals surface area contributed by atoms with Crippen molar-refractivity contribution in [3.05, 3.63) is 382 Å². The standard InChI is InChI=1S/C16H13Cl2FN2S.C15H13Cl2FN2O2S.C14H10Cl2FN3O2S.C14H14Cl2FN3.C14H11Cl2FN2O.C14H15Cl2N3/c1-16(10-3-5-14(18)20-8-10)11(7-15(22)21-16)9-2-4-12(17)13(19)6-9;1-15(10-3-5-14(17)19-7-10)11(8-23(21,22)20-15)9-2-4-12(16)13(18)6-9;1-14(9-3-5-12(16)18-7-9)13(19-23(21,22)20-14)8-2-4-10(15)11(17)6-8;1-14(19,9-3-5-12(16)20-7-9)13(18)8-2-4-10(15)11(17)6-8;1-14(18,9-3-5-12(16)19-7-9)13(20)8-2-4-10(15)11(17)6-8;1-14(18,10-4-7-12(16)19-8-10)13(17)9-2-5-11(15)6-3-9/h2-6,8,11H,7H2,1H3,(H,21,22);2-7,11,20H,8H2,1H3;2-7,20H,1H3;2-7,13H,18-19H2,1H3;2-7H,18H2,1H3;2-8,13H,17-18H2,1H3/t11-,16+;;;;;13-,14+/m1....1/s1. The van der Waals surface area contributed by atoms with E-state index in [1.807, 2.05) is 44.2 Å². The third-order valence-electron chi connectivity index (χ3n) is 21.3. The zero-order valence-electron chi connectivity index (χ0n) is 67.3. The Balaban J connectivity index is 0.000000159. The number of carbonyl (C=O) groups is 1. The topological polar surface area (TPSA) is 341 Å². The number of aromatic nitrogens is 6. The van der Waals surface area contributed by atoms with Gasteiger partial charge in [-0.2, -0.15) is 17.5 Å². The second kappa shape index (κ2) is 41.8. The Morgan fingerprint density at radius 1 is 0.441 bits per heavy atom. The second-order valence-electron chi connectivity index (χ2n) is 30.4. The highest BCUT2D eigenvalue weighted by Crippen LogP contribution is 2.47. The number of hydrogen-bond donors (Lipinski definition) is 8. The van der Waals surface area contributed by atoms with E-state index in [0.717, 1.165) is 39.4 Å². The minimum Gasteiger partial charge on any atom is -0.370 e. The smallest absolute Gasteiger partial charge is 0.321 e. The van der Waals surface area contributed by atoms with Gasteiger partial charge in [0.25, 0.3) is 0 Å². The van der Waals surface area contributed by atoms with Crippen LogP contribution in [0.4, 0.5) is 22.0 Å². The minimum absolute atomic E-state index is 0.00238. The maximum absolute atomic E-state index is 13.8. The van der Waals surface area contributed by atoms with Gasteiger partial charge >= 0.3 is 10.2 Å². The van der Waals surface area contributed by atoms with Gasteiger partial charge in [0.2, 0.25) is 10.0 Å². The average molecular weight is 2030 g/mol. The third kappa shape index (κ3) is 24.7. The summed E-state index contributed by atoms with van der Waals surface area (Å²) in [5.74, 6) is -3.92. The van der Waals surface area contributed by atoms with Gasteiger partial charge in [-0.3, -0.25) is 4.79 Å². The predicted octanol–water partition coefficient (Wildman–Crippen LogP) is 21.6. The lowest BCUT2D eigenvalue weighted by Gasteiger charge is -2.32. The molecule has 3 aliphatic heterocycles. The van der Waals surface area contributed by atoms with E-state index in [-0.39, 0.29) is 59.3 Å². The Morgan fingerprint density at radius 3 is 1.24 bits per heavy atom. The monoisotopic (exact) mass is 2020 g/mol. The molecule has 0 spiro atoms. The van der Waals surface area contributed by atoms with Crippen molar-refractivity contribution in [2.75, 3.05) is 5.75 Å². The normalized spacial score (nSPS) is 20.2. The van der Waals surface area contributed by atoms with Crippen LogP contribution in [0.5, 0.6) is 0 Å². The van der Waals surface area contributed by atoms with Crippen molar-refractivity contribution in [1.29, 1.82) is 0 Å². The van der Waals surface area contributed by atoms with Crippen molar-refractivity contribution in [2.45, 2.75) is 105 Å². The Hall–Kier alpha value is -7.80. The molecule has 0 saturated carbocycles. The quantitative estimate of drug-likeness (QED) is 0.0205. The maximum atomic E-state index is 13.8. The molecule has 0 bridgehead atoms. The predicted molar refractivity (Wildman–Crippen MR) is 500 cm³/mol. The summed E-state index contributed by atoms with van der Waals surface area (Å²) in [6.45, 7) is 10.6. The van der Waals surface area contributed by atoms with Crippen LogP contribution in [0.3, 0.4) is 0 Å². The van der Waals surface area contributed by atoms with E-state index >= 15 is 0 Å². The first-order valence-electron chi connectivity index (χ1n) is 37.5. The first-order chi connectivity index (χ1) is 59.4. The SMILES string of the molecule is CC(N)(C(=O)c1ccc(Cl)c(F)c1)c1ccc(Cl)nc1.CC(N)(c1ccc(Cl)nc1)C(N)c1ccc(Cl)c(F)c1.CC1(c2ccc(Cl)nc2)NS(=O)(=O)CC1c1ccc(Cl)c(F)c1.CC1(c2ccc(Cl)nc2)NS(=O)(=O)N=C1c1ccc(Cl)c(F)c1.C[C@@]1(c2ccc(Cl)nc2)NC(=S)C[C@@H]1c1ccc(Cl)c(F)c1.C[C@](N)(c1ccc(Cl)nc1)[C@H](N)c1ccc(Cl)cc1. The fraction of sp³-hybridized carbons (Fsp3) is 0.207. The number of nitrogens with zero attached hydrogens (tertiary/aromatic N) is 7. The molecular formula is C87H76Cl12F5N15O5S3. The molecule has 6 aromatic heterocycles. The van der Waals surface area contributed by atoms with Crippen molar-refractivity contribution in [3.8, 4) is 0 Å². The van der Waals surface area contributed by atoms with E-state index in [9.17, 15) is 43.6 Å². The number of rotatable bonds is 15. The van der Waals surface area contributed by atoms with Gasteiger partial charge in [-0.1, -0.05) is 224 Å². The van der Waals surface area contributed by atoms with Crippen LogP contribution in [-0.2, 0) is 53.5 Å². The number of ketones is 1. The number of nitrogens with one attached hydrogen (secondary N) is 3. The highest BCUT2D eigenvalue weighted by Gasteiger charge is 2.50. The van der Waals surface area contributed by atoms with Gasteiger partial charge in [0, 0.05) is 71.6 Å².